The molecule has 0 aliphatic heterocycles. The van der Waals surface area contributed by atoms with Crippen LogP contribution in [0.15, 0.2) is 36.4 Å². The van der Waals surface area contributed by atoms with Gasteiger partial charge in [0.05, 0.1) is 5.56 Å². The molecule has 1 aromatic heterocycles. The summed E-state index contributed by atoms with van der Waals surface area (Å²) in [4.78, 5) is 2.36. The van der Waals surface area contributed by atoms with Gasteiger partial charge in [0, 0.05) is 22.2 Å². The fourth-order valence-corrected chi connectivity index (χ4v) is 3.02. The molecule has 0 fully saturated rings. The van der Waals surface area contributed by atoms with E-state index in [0.717, 1.165) is 23.4 Å². The van der Waals surface area contributed by atoms with E-state index < -0.39 is 17.8 Å². The predicted octanol–water partition coefficient (Wildman–Crippen LogP) is 4.57. The number of halogens is 3. The summed E-state index contributed by atoms with van der Waals surface area (Å²) in [7, 11) is 0. The lowest BCUT2D eigenvalue weighted by atomic mass is 10.0. The smallest absolute Gasteiger partial charge is 0.324 e. The van der Waals surface area contributed by atoms with Gasteiger partial charge in [-0.15, -0.1) is 11.3 Å². The first kappa shape index (κ1) is 15.1. The van der Waals surface area contributed by atoms with Gasteiger partial charge in [-0.25, -0.2) is 0 Å². The van der Waals surface area contributed by atoms with Gasteiger partial charge in [0.1, 0.15) is 0 Å². The van der Waals surface area contributed by atoms with Gasteiger partial charge in [-0.2, -0.15) is 13.2 Å². The number of nitrogens with two attached hydrogens (primary N) is 1. The van der Waals surface area contributed by atoms with Crippen molar-refractivity contribution in [3.05, 3.63) is 57.3 Å². The van der Waals surface area contributed by atoms with Crippen molar-refractivity contribution in [1.82, 2.24) is 0 Å². The average molecular weight is 299 g/mol. The van der Waals surface area contributed by atoms with Crippen molar-refractivity contribution in [3.8, 4) is 0 Å². The zero-order valence-electron chi connectivity index (χ0n) is 11.1. The number of hydrogen-bond donors (Lipinski definition) is 1. The van der Waals surface area contributed by atoms with Gasteiger partial charge in [0.25, 0.3) is 0 Å². The van der Waals surface area contributed by atoms with Crippen molar-refractivity contribution in [2.45, 2.75) is 32.0 Å². The minimum Gasteiger partial charge on any atom is -0.324 e. The number of alkyl halides is 3. The van der Waals surface area contributed by atoms with Crippen LogP contribution in [0.4, 0.5) is 13.2 Å². The van der Waals surface area contributed by atoms with Crippen LogP contribution in [-0.2, 0) is 19.0 Å². The molecule has 108 valence electrons. The van der Waals surface area contributed by atoms with Crippen LogP contribution < -0.4 is 5.73 Å². The second kappa shape index (κ2) is 5.97. The Balaban J connectivity index is 2.14. The maximum atomic E-state index is 12.7. The summed E-state index contributed by atoms with van der Waals surface area (Å²) >= 11 is 1.66. The lowest BCUT2D eigenvalue weighted by Crippen LogP contribution is -2.14. The van der Waals surface area contributed by atoms with Gasteiger partial charge >= 0.3 is 6.18 Å². The van der Waals surface area contributed by atoms with Gasteiger partial charge in [-0.3, -0.25) is 0 Å². The van der Waals surface area contributed by atoms with Crippen molar-refractivity contribution in [2.24, 2.45) is 5.73 Å². The minimum absolute atomic E-state index is 0.416. The third-order valence-corrected chi connectivity index (χ3v) is 4.38. The molecule has 20 heavy (non-hydrogen) atoms. The van der Waals surface area contributed by atoms with Crippen LogP contribution >= 0.6 is 11.3 Å². The molecule has 0 amide bonds. The topological polar surface area (TPSA) is 26.0 Å². The molecule has 1 nitrogen and oxygen atoms in total. The zero-order chi connectivity index (χ0) is 14.8. The molecule has 0 aliphatic carbocycles. The molecule has 1 heterocycles. The van der Waals surface area contributed by atoms with Crippen molar-refractivity contribution >= 4 is 11.3 Å². The third-order valence-electron chi connectivity index (χ3n) is 3.13. The zero-order valence-corrected chi connectivity index (χ0v) is 11.9. The highest BCUT2D eigenvalue weighted by Gasteiger charge is 2.30. The Morgan fingerprint density at radius 1 is 1.15 bits per heavy atom. The van der Waals surface area contributed by atoms with Crippen LogP contribution in [0.3, 0.4) is 0 Å². The number of hydrogen-bond acceptors (Lipinski definition) is 2. The Morgan fingerprint density at radius 3 is 2.45 bits per heavy atom. The normalized spacial score (nSPS) is 13.4. The van der Waals surface area contributed by atoms with Gasteiger partial charge in [0.15, 0.2) is 0 Å². The van der Waals surface area contributed by atoms with Crippen LogP contribution in [-0.4, -0.2) is 0 Å². The fourth-order valence-electron chi connectivity index (χ4n) is 2.00. The predicted molar refractivity (Wildman–Crippen MR) is 75.8 cm³/mol. The SMILES string of the molecule is CCc1ccc(CC(N)c2cccc(C(F)(F)F)c2)s1. The average Bonchev–Trinajstić information content (AvgIpc) is 2.85. The maximum absolute atomic E-state index is 12.7. The van der Waals surface area contributed by atoms with E-state index in [9.17, 15) is 13.2 Å². The van der Waals surface area contributed by atoms with Gasteiger partial charge in [-0.05, 0) is 36.2 Å². The van der Waals surface area contributed by atoms with Crippen molar-refractivity contribution in [1.29, 1.82) is 0 Å². The monoisotopic (exact) mass is 299 g/mol. The van der Waals surface area contributed by atoms with E-state index in [2.05, 4.69) is 6.92 Å². The van der Waals surface area contributed by atoms with E-state index in [1.165, 1.54) is 10.9 Å². The molecule has 1 aromatic carbocycles. The molecular formula is C15H16F3NS. The van der Waals surface area contributed by atoms with Crippen molar-refractivity contribution < 1.29 is 13.2 Å². The number of benzene rings is 1. The highest BCUT2D eigenvalue weighted by molar-refractivity contribution is 7.11. The molecule has 2 rings (SSSR count). The van der Waals surface area contributed by atoms with Crippen LogP contribution in [0.1, 0.15) is 33.8 Å². The molecule has 0 spiro atoms. The molecular weight excluding hydrogens is 283 g/mol. The molecule has 1 atom stereocenters. The summed E-state index contributed by atoms with van der Waals surface area (Å²) in [6, 6.07) is 8.88. The maximum Gasteiger partial charge on any atom is 0.416 e. The molecule has 0 saturated heterocycles. The Labute approximate surface area is 120 Å². The van der Waals surface area contributed by atoms with Gasteiger partial charge in [-0.1, -0.05) is 19.1 Å². The summed E-state index contributed by atoms with van der Waals surface area (Å²) in [5.41, 5.74) is 5.90. The summed E-state index contributed by atoms with van der Waals surface area (Å²) in [6.07, 6.45) is -2.80. The number of aryl methyl sites for hydroxylation is 1. The Morgan fingerprint density at radius 2 is 1.85 bits per heavy atom. The van der Waals surface area contributed by atoms with Crippen LogP contribution in [0.2, 0.25) is 0 Å². The van der Waals surface area contributed by atoms with E-state index in [1.54, 1.807) is 17.4 Å². The number of thiophene rings is 1. The largest absolute Gasteiger partial charge is 0.416 e. The third kappa shape index (κ3) is 3.61. The highest BCUT2D eigenvalue weighted by atomic mass is 32.1. The summed E-state index contributed by atoms with van der Waals surface area (Å²) in [6.45, 7) is 2.07. The second-order valence-corrected chi connectivity index (χ2v) is 5.91. The molecule has 1 unspecified atom stereocenters. The summed E-state index contributed by atoms with van der Waals surface area (Å²) in [5, 5.41) is 0. The van der Waals surface area contributed by atoms with Crippen LogP contribution in [0.25, 0.3) is 0 Å². The molecule has 2 N–H and O–H groups in total. The first-order valence-electron chi connectivity index (χ1n) is 6.40. The highest BCUT2D eigenvalue weighted by Crippen LogP contribution is 2.31. The van der Waals surface area contributed by atoms with Gasteiger partial charge < -0.3 is 5.73 Å². The Bertz CT molecular complexity index is 574. The van der Waals surface area contributed by atoms with E-state index >= 15 is 0 Å². The van der Waals surface area contributed by atoms with Crippen molar-refractivity contribution in [2.75, 3.05) is 0 Å². The summed E-state index contributed by atoms with van der Waals surface area (Å²) in [5.74, 6) is 0. The molecule has 0 bridgehead atoms. The van der Waals surface area contributed by atoms with Crippen LogP contribution in [0.5, 0.6) is 0 Å². The molecule has 2 aromatic rings. The van der Waals surface area contributed by atoms with E-state index in [0.29, 0.717) is 12.0 Å². The van der Waals surface area contributed by atoms with Crippen molar-refractivity contribution in [3.63, 3.8) is 0 Å². The lowest BCUT2D eigenvalue weighted by Gasteiger charge is -2.13. The van der Waals surface area contributed by atoms with E-state index in [-0.39, 0.29) is 0 Å². The molecule has 5 heteroatoms. The first-order valence-corrected chi connectivity index (χ1v) is 7.22. The molecule has 0 radical (unpaired) electrons. The van der Waals surface area contributed by atoms with E-state index in [4.69, 9.17) is 5.73 Å². The Kier molecular flexibility index (Phi) is 4.50. The summed E-state index contributed by atoms with van der Waals surface area (Å²) < 4.78 is 38.0. The standard InChI is InChI=1S/C15H16F3NS/c1-2-12-6-7-13(20-12)9-14(19)10-4-3-5-11(8-10)15(16,17)18/h3-8,14H,2,9,19H2,1H3. The minimum atomic E-state index is -4.33. The lowest BCUT2D eigenvalue weighted by molar-refractivity contribution is -0.137. The van der Waals surface area contributed by atoms with E-state index in [1.807, 2.05) is 12.1 Å². The Hall–Kier alpha value is -1.33. The first-order chi connectivity index (χ1) is 9.40. The molecule has 0 saturated carbocycles. The molecule has 0 aliphatic rings. The van der Waals surface area contributed by atoms with Crippen LogP contribution in [0, 0.1) is 0 Å². The van der Waals surface area contributed by atoms with Gasteiger partial charge in [0.2, 0.25) is 0 Å². The quantitative estimate of drug-likeness (QED) is 0.879. The number of rotatable bonds is 4. The second-order valence-electron chi connectivity index (χ2n) is 4.66. The fraction of sp³-hybridized carbons (Fsp3) is 0.333.